The topological polar surface area (TPSA) is 96.5 Å². The van der Waals surface area contributed by atoms with Gasteiger partial charge in [-0.1, -0.05) is 19.0 Å². The average molecular weight is 371 g/mol. The van der Waals surface area contributed by atoms with Crippen LogP contribution in [0.2, 0.25) is 0 Å². The molecular formula is C15H21N3O4S2. The van der Waals surface area contributed by atoms with Crippen LogP contribution >= 0.6 is 11.3 Å². The monoisotopic (exact) mass is 371 g/mol. The van der Waals surface area contributed by atoms with Gasteiger partial charge in [-0.15, -0.1) is 11.3 Å². The first kappa shape index (κ1) is 17.5. The Morgan fingerprint density at radius 3 is 2.67 bits per heavy atom. The van der Waals surface area contributed by atoms with Crippen molar-refractivity contribution in [3.8, 4) is 0 Å². The molecule has 0 aromatic carbocycles. The zero-order valence-corrected chi connectivity index (χ0v) is 15.7. The minimum absolute atomic E-state index is 0.0729. The molecule has 1 N–H and O–H groups in total. The van der Waals surface area contributed by atoms with E-state index in [9.17, 15) is 13.5 Å². The van der Waals surface area contributed by atoms with Gasteiger partial charge in [-0.2, -0.15) is 9.29 Å². The Morgan fingerprint density at radius 2 is 2.12 bits per heavy atom. The molecule has 1 saturated heterocycles. The number of hydrogen-bond acceptors (Lipinski definition) is 7. The van der Waals surface area contributed by atoms with Crippen molar-refractivity contribution in [1.29, 1.82) is 0 Å². The highest BCUT2D eigenvalue weighted by Gasteiger charge is 2.47. The van der Waals surface area contributed by atoms with E-state index in [1.165, 1.54) is 15.6 Å². The zero-order chi connectivity index (χ0) is 17.7. The summed E-state index contributed by atoms with van der Waals surface area (Å²) in [4.78, 5) is 6.23. The standard InChI is InChI=1S/C15H21N3O4S2/c1-9(2)13-16-14(22-17-13)15(19)5-6-18(8-15)24(20,21)12-7-10(3)23-11(12)4/h7,9,19H,5-6,8H2,1-4H3/t15-/m0/s1. The molecule has 1 atom stereocenters. The lowest BCUT2D eigenvalue weighted by atomic mass is 10.0. The van der Waals surface area contributed by atoms with E-state index in [2.05, 4.69) is 10.1 Å². The normalized spacial score (nSPS) is 22.6. The van der Waals surface area contributed by atoms with Gasteiger partial charge in [-0.25, -0.2) is 8.42 Å². The molecule has 3 heterocycles. The Balaban J connectivity index is 1.87. The van der Waals surface area contributed by atoms with E-state index < -0.39 is 15.6 Å². The molecule has 2 aromatic heterocycles. The number of hydrogen-bond donors (Lipinski definition) is 1. The molecule has 0 unspecified atom stereocenters. The molecule has 3 rings (SSSR count). The van der Waals surface area contributed by atoms with Crippen molar-refractivity contribution < 1.29 is 18.0 Å². The van der Waals surface area contributed by atoms with Gasteiger partial charge in [0, 0.05) is 28.6 Å². The van der Waals surface area contributed by atoms with Crippen molar-refractivity contribution in [3.05, 3.63) is 27.5 Å². The third kappa shape index (κ3) is 2.90. The Labute approximate surface area is 145 Å². The van der Waals surface area contributed by atoms with E-state index in [0.29, 0.717) is 10.7 Å². The van der Waals surface area contributed by atoms with Gasteiger partial charge in [-0.05, 0) is 19.9 Å². The summed E-state index contributed by atoms with van der Waals surface area (Å²) in [5.41, 5.74) is -1.44. The Bertz CT molecular complexity index is 856. The summed E-state index contributed by atoms with van der Waals surface area (Å²) in [5, 5.41) is 14.7. The summed E-state index contributed by atoms with van der Waals surface area (Å²) >= 11 is 1.45. The molecule has 24 heavy (non-hydrogen) atoms. The number of thiophene rings is 1. The molecule has 0 saturated carbocycles. The predicted octanol–water partition coefficient (Wildman–Crippen LogP) is 2.15. The van der Waals surface area contributed by atoms with Gasteiger partial charge in [0.25, 0.3) is 5.89 Å². The number of aliphatic hydroxyl groups is 1. The van der Waals surface area contributed by atoms with Crippen LogP contribution in [0.15, 0.2) is 15.5 Å². The van der Waals surface area contributed by atoms with Gasteiger partial charge in [0.1, 0.15) is 0 Å². The summed E-state index contributed by atoms with van der Waals surface area (Å²) in [6.45, 7) is 7.65. The smallest absolute Gasteiger partial charge is 0.260 e. The van der Waals surface area contributed by atoms with Crippen LogP contribution in [0.1, 0.15) is 47.7 Å². The Kier molecular flexibility index (Phi) is 4.31. The number of nitrogens with zero attached hydrogens (tertiary/aromatic N) is 3. The maximum Gasteiger partial charge on any atom is 0.260 e. The van der Waals surface area contributed by atoms with Crippen molar-refractivity contribution in [3.63, 3.8) is 0 Å². The quantitative estimate of drug-likeness (QED) is 0.884. The molecule has 2 aromatic rings. The van der Waals surface area contributed by atoms with Crippen LogP contribution < -0.4 is 0 Å². The van der Waals surface area contributed by atoms with Gasteiger partial charge >= 0.3 is 0 Å². The van der Waals surface area contributed by atoms with E-state index in [0.717, 1.165) is 9.75 Å². The molecule has 0 bridgehead atoms. The van der Waals surface area contributed by atoms with Crippen LogP contribution in [0.4, 0.5) is 0 Å². The Morgan fingerprint density at radius 1 is 1.42 bits per heavy atom. The largest absolute Gasteiger partial charge is 0.379 e. The second-order valence-corrected chi connectivity index (χ2v) is 9.88. The van der Waals surface area contributed by atoms with Crippen molar-refractivity contribution in [2.45, 2.75) is 50.5 Å². The maximum absolute atomic E-state index is 12.9. The molecule has 0 spiro atoms. The van der Waals surface area contributed by atoms with E-state index in [-0.39, 0.29) is 31.3 Å². The molecule has 132 valence electrons. The summed E-state index contributed by atoms with van der Waals surface area (Å²) in [5.74, 6) is 0.662. The highest BCUT2D eigenvalue weighted by Crippen LogP contribution is 2.36. The second-order valence-electron chi connectivity index (χ2n) is 6.51. The van der Waals surface area contributed by atoms with Crippen LogP contribution in [0.3, 0.4) is 0 Å². The van der Waals surface area contributed by atoms with Crippen LogP contribution in [0, 0.1) is 13.8 Å². The zero-order valence-electron chi connectivity index (χ0n) is 14.1. The van der Waals surface area contributed by atoms with Crippen LogP contribution in [-0.4, -0.2) is 41.1 Å². The molecule has 7 nitrogen and oxygen atoms in total. The summed E-state index contributed by atoms with van der Waals surface area (Å²) in [6, 6.07) is 1.68. The third-order valence-electron chi connectivity index (χ3n) is 4.18. The van der Waals surface area contributed by atoms with Gasteiger partial charge in [0.2, 0.25) is 10.0 Å². The minimum Gasteiger partial charge on any atom is -0.379 e. The van der Waals surface area contributed by atoms with Crippen molar-refractivity contribution in [2.75, 3.05) is 13.1 Å². The number of β-amino-alcohol motifs (C(OH)–C–C–N with tert-alkyl or cyclic N) is 1. The van der Waals surface area contributed by atoms with E-state index >= 15 is 0 Å². The summed E-state index contributed by atoms with van der Waals surface area (Å²) in [7, 11) is -3.64. The van der Waals surface area contributed by atoms with Gasteiger partial charge < -0.3 is 9.63 Å². The summed E-state index contributed by atoms with van der Waals surface area (Å²) < 4.78 is 32.2. The van der Waals surface area contributed by atoms with Crippen molar-refractivity contribution in [1.82, 2.24) is 14.4 Å². The van der Waals surface area contributed by atoms with Crippen LogP contribution in [0.25, 0.3) is 0 Å². The number of rotatable bonds is 4. The fourth-order valence-corrected chi connectivity index (χ4v) is 5.82. The fraction of sp³-hybridized carbons (Fsp3) is 0.600. The second kappa shape index (κ2) is 5.91. The first-order chi connectivity index (χ1) is 11.1. The predicted molar refractivity (Wildman–Crippen MR) is 89.5 cm³/mol. The third-order valence-corrected chi connectivity index (χ3v) is 7.25. The van der Waals surface area contributed by atoms with Gasteiger partial charge in [0.05, 0.1) is 11.4 Å². The molecular weight excluding hydrogens is 350 g/mol. The maximum atomic E-state index is 12.9. The lowest BCUT2D eigenvalue weighted by molar-refractivity contribution is 0.0194. The van der Waals surface area contributed by atoms with Crippen molar-refractivity contribution in [2.24, 2.45) is 0 Å². The molecule has 1 aliphatic rings. The van der Waals surface area contributed by atoms with Gasteiger partial charge in [-0.3, -0.25) is 0 Å². The van der Waals surface area contributed by atoms with E-state index in [1.807, 2.05) is 20.8 Å². The number of aromatic nitrogens is 2. The van der Waals surface area contributed by atoms with Crippen LogP contribution in [-0.2, 0) is 15.6 Å². The average Bonchev–Trinajstić information content (AvgIpc) is 3.17. The van der Waals surface area contributed by atoms with E-state index in [4.69, 9.17) is 4.52 Å². The Hall–Kier alpha value is -1.29. The lowest BCUT2D eigenvalue weighted by Gasteiger charge is -2.19. The molecule has 0 radical (unpaired) electrons. The highest BCUT2D eigenvalue weighted by atomic mass is 32.2. The fourth-order valence-electron chi connectivity index (χ4n) is 2.80. The van der Waals surface area contributed by atoms with Crippen LogP contribution in [0.5, 0.6) is 0 Å². The van der Waals surface area contributed by atoms with Crippen molar-refractivity contribution >= 4 is 21.4 Å². The molecule has 0 aliphatic carbocycles. The van der Waals surface area contributed by atoms with E-state index in [1.54, 1.807) is 13.0 Å². The number of sulfonamides is 1. The molecule has 0 amide bonds. The number of aryl methyl sites for hydroxylation is 2. The molecule has 9 heteroatoms. The molecule has 1 fully saturated rings. The minimum atomic E-state index is -3.64. The van der Waals surface area contributed by atoms with Gasteiger partial charge in [0.15, 0.2) is 11.4 Å². The first-order valence-electron chi connectivity index (χ1n) is 7.77. The SMILES string of the molecule is Cc1cc(S(=O)(=O)N2CC[C@@](O)(c3nc(C(C)C)no3)C2)c(C)s1. The lowest BCUT2D eigenvalue weighted by Crippen LogP contribution is -2.34. The molecule has 1 aliphatic heterocycles. The highest BCUT2D eigenvalue weighted by molar-refractivity contribution is 7.89. The first-order valence-corrected chi connectivity index (χ1v) is 10.0. The summed E-state index contributed by atoms with van der Waals surface area (Å²) in [6.07, 6.45) is 0.230.